The first-order valence-corrected chi connectivity index (χ1v) is 10.8. The Labute approximate surface area is 195 Å². The molecule has 8 heteroatoms. The van der Waals surface area contributed by atoms with Crippen molar-refractivity contribution in [1.82, 2.24) is 9.97 Å². The molecule has 0 fully saturated rings. The topological polar surface area (TPSA) is 68.6 Å². The summed E-state index contributed by atoms with van der Waals surface area (Å²) in [6.45, 7) is 3.16. The molecule has 0 atom stereocenters. The number of anilines is 2. The lowest BCUT2D eigenvalue weighted by Gasteiger charge is -2.12. The van der Waals surface area contributed by atoms with Crippen LogP contribution >= 0.6 is 11.6 Å². The molecule has 1 aliphatic heterocycles. The van der Waals surface area contributed by atoms with Crippen LogP contribution in [-0.2, 0) is 11.2 Å². The van der Waals surface area contributed by atoms with Gasteiger partial charge in [-0.15, -0.1) is 0 Å². The molecule has 2 heterocycles. The number of aryl methyl sites for hydroxylation is 1. The Balaban J connectivity index is 1.39. The largest absolute Gasteiger partial charge is 0.479 e. The van der Waals surface area contributed by atoms with E-state index in [0.29, 0.717) is 41.8 Å². The van der Waals surface area contributed by atoms with Gasteiger partial charge in [-0.2, -0.15) is 0 Å². The van der Waals surface area contributed by atoms with E-state index in [1.165, 1.54) is 12.4 Å². The minimum atomic E-state index is -0.439. The summed E-state index contributed by atoms with van der Waals surface area (Å²) < 4.78 is 25.3. The Morgan fingerprint density at radius 1 is 1.06 bits per heavy atom. The molecule has 0 radical (unpaired) electrons. The Hall–Kier alpha value is -3.71. The average Bonchev–Trinajstić information content (AvgIpc) is 3.31. The molecule has 0 aliphatic carbocycles. The van der Waals surface area contributed by atoms with Crippen LogP contribution in [0.1, 0.15) is 11.1 Å². The molecular weight excluding hydrogens is 443 g/mol. The summed E-state index contributed by atoms with van der Waals surface area (Å²) in [5.74, 6) is 1.43. The van der Waals surface area contributed by atoms with Gasteiger partial charge < -0.3 is 14.8 Å². The summed E-state index contributed by atoms with van der Waals surface area (Å²) in [6, 6.07) is 16.0. The van der Waals surface area contributed by atoms with Crippen molar-refractivity contribution in [3.8, 4) is 11.5 Å². The van der Waals surface area contributed by atoms with Crippen molar-refractivity contribution in [1.29, 1.82) is 0 Å². The number of halogens is 2. The summed E-state index contributed by atoms with van der Waals surface area (Å²) in [5, 5.41) is 4.50. The molecule has 33 heavy (non-hydrogen) atoms. The number of nitrogens with one attached hydrogen (secondary N) is 1. The highest BCUT2D eigenvalue weighted by Gasteiger charge is 2.12. The van der Waals surface area contributed by atoms with E-state index in [1.54, 1.807) is 30.3 Å². The monoisotopic (exact) mass is 462 g/mol. The molecular formula is C25H20ClFN4O2. The van der Waals surface area contributed by atoms with Crippen LogP contribution in [-0.4, -0.2) is 29.0 Å². The van der Waals surface area contributed by atoms with Crippen LogP contribution in [0, 0.1) is 12.7 Å². The summed E-state index contributed by atoms with van der Waals surface area (Å²) in [7, 11) is 0. The maximum atomic E-state index is 14.1. The summed E-state index contributed by atoms with van der Waals surface area (Å²) in [4.78, 5) is 13.1. The van der Waals surface area contributed by atoms with Gasteiger partial charge in [-0.1, -0.05) is 23.7 Å². The molecule has 0 unspecified atom stereocenters. The van der Waals surface area contributed by atoms with Crippen LogP contribution in [0.2, 0.25) is 5.02 Å². The number of benzene rings is 3. The first-order chi connectivity index (χ1) is 16.0. The molecule has 0 amide bonds. The van der Waals surface area contributed by atoms with E-state index in [-0.39, 0.29) is 5.75 Å². The third-order valence-corrected chi connectivity index (χ3v) is 5.50. The standard InChI is InChI=1S/C25H20ClFN4O2/c1-15-2-6-23(20(27)10-15)33-22-7-4-17(13-19(22)26)31-25-18-11-16(12-24-28-8-9-32-24)3-5-21(18)29-14-30-25/h2-7,10-11,13-14H,8-9,12H2,1H3,(H,29,30,31). The normalized spacial score (nSPS) is 13.0. The number of aliphatic imine (C=N–C) groups is 1. The van der Waals surface area contributed by atoms with Crippen molar-refractivity contribution >= 4 is 39.9 Å². The first kappa shape index (κ1) is 21.2. The first-order valence-electron chi connectivity index (χ1n) is 10.5. The van der Waals surface area contributed by atoms with Crippen LogP contribution in [0.3, 0.4) is 0 Å². The summed E-state index contributed by atoms with van der Waals surface area (Å²) in [5.41, 5.74) is 3.40. The number of hydrogen-bond donors (Lipinski definition) is 1. The predicted octanol–water partition coefficient (Wildman–Crippen LogP) is 6.24. The van der Waals surface area contributed by atoms with Gasteiger partial charge >= 0.3 is 0 Å². The van der Waals surface area contributed by atoms with Crippen LogP contribution in [0.15, 0.2) is 65.9 Å². The lowest BCUT2D eigenvalue weighted by molar-refractivity contribution is 0.341. The van der Waals surface area contributed by atoms with E-state index in [2.05, 4.69) is 20.3 Å². The van der Waals surface area contributed by atoms with Crippen LogP contribution in [0.25, 0.3) is 10.9 Å². The zero-order chi connectivity index (χ0) is 22.8. The third kappa shape index (κ3) is 4.73. The predicted molar refractivity (Wildman–Crippen MR) is 127 cm³/mol. The molecule has 166 valence electrons. The van der Waals surface area contributed by atoms with E-state index >= 15 is 0 Å². The number of ether oxygens (including phenoxy) is 2. The fourth-order valence-corrected chi connectivity index (χ4v) is 3.80. The zero-order valence-electron chi connectivity index (χ0n) is 17.8. The van der Waals surface area contributed by atoms with Gasteiger partial charge in [-0.05, 0) is 60.5 Å². The van der Waals surface area contributed by atoms with Gasteiger partial charge in [0, 0.05) is 17.5 Å². The molecule has 0 bridgehead atoms. The lowest BCUT2D eigenvalue weighted by Crippen LogP contribution is -2.03. The second-order valence-electron chi connectivity index (χ2n) is 7.68. The lowest BCUT2D eigenvalue weighted by atomic mass is 10.1. The Bertz CT molecular complexity index is 1380. The van der Waals surface area contributed by atoms with E-state index in [1.807, 2.05) is 25.1 Å². The van der Waals surface area contributed by atoms with Crippen LogP contribution in [0.4, 0.5) is 15.9 Å². The minimum Gasteiger partial charge on any atom is -0.479 e. The molecule has 1 N–H and O–H groups in total. The second-order valence-corrected chi connectivity index (χ2v) is 8.09. The van der Waals surface area contributed by atoms with Gasteiger partial charge in [0.2, 0.25) is 0 Å². The number of aromatic nitrogens is 2. The van der Waals surface area contributed by atoms with Crippen molar-refractivity contribution in [2.24, 2.45) is 4.99 Å². The van der Waals surface area contributed by atoms with Crippen molar-refractivity contribution in [2.45, 2.75) is 13.3 Å². The van der Waals surface area contributed by atoms with Gasteiger partial charge in [0.05, 0.1) is 17.1 Å². The molecule has 3 aromatic carbocycles. The van der Waals surface area contributed by atoms with E-state index in [0.717, 1.165) is 27.9 Å². The second kappa shape index (κ2) is 9.03. The smallest absolute Gasteiger partial charge is 0.187 e. The van der Waals surface area contributed by atoms with Crippen molar-refractivity contribution < 1.29 is 13.9 Å². The highest BCUT2D eigenvalue weighted by Crippen LogP contribution is 2.34. The van der Waals surface area contributed by atoms with E-state index in [9.17, 15) is 4.39 Å². The quantitative estimate of drug-likeness (QED) is 0.367. The molecule has 6 nitrogen and oxygen atoms in total. The fraction of sp³-hybridized carbons (Fsp3) is 0.160. The SMILES string of the molecule is Cc1ccc(Oc2ccc(Nc3ncnc4ccc(CC5=NCCO5)cc34)cc2Cl)c(F)c1. The van der Waals surface area contributed by atoms with Crippen molar-refractivity contribution in [3.05, 3.63) is 82.9 Å². The summed E-state index contributed by atoms with van der Waals surface area (Å²) in [6.07, 6.45) is 2.13. The third-order valence-electron chi connectivity index (χ3n) is 5.21. The molecule has 0 saturated carbocycles. The van der Waals surface area contributed by atoms with Gasteiger partial charge in [0.25, 0.3) is 0 Å². The number of nitrogens with zero attached hydrogens (tertiary/aromatic N) is 3. The van der Waals surface area contributed by atoms with Crippen molar-refractivity contribution in [3.63, 3.8) is 0 Å². The Morgan fingerprint density at radius 2 is 1.94 bits per heavy atom. The maximum Gasteiger partial charge on any atom is 0.187 e. The molecule has 1 aromatic heterocycles. The van der Waals surface area contributed by atoms with Gasteiger partial charge in [0.15, 0.2) is 17.5 Å². The fourth-order valence-electron chi connectivity index (χ4n) is 3.58. The molecule has 5 rings (SSSR count). The highest BCUT2D eigenvalue weighted by atomic mass is 35.5. The minimum absolute atomic E-state index is 0.119. The number of fused-ring (bicyclic) bond motifs is 1. The molecule has 1 aliphatic rings. The van der Waals surface area contributed by atoms with E-state index < -0.39 is 5.82 Å². The van der Waals surface area contributed by atoms with E-state index in [4.69, 9.17) is 21.1 Å². The highest BCUT2D eigenvalue weighted by molar-refractivity contribution is 6.32. The molecule has 0 saturated heterocycles. The van der Waals surface area contributed by atoms with Crippen LogP contribution in [0.5, 0.6) is 11.5 Å². The van der Waals surface area contributed by atoms with Crippen molar-refractivity contribution in [2.75, 3.05) is 18.5 Å². The average molecular weight is 463 g/mol. The number of hydrogen-bond acceptors (Lipinski definition) is 6. The Morgan fingerprint density at radius 3 is 2.73 bits per heavy atom. The Kier molecular flexibility index (Phi) is 5.79. The van der Waals surface area contributed by atoms with Gasteiger partial charge in [-0.25, -0.2) is 14.4 Å². The van der Waals surface area contributed by atoms with Crippen LogP contribution < -0.4 is 10.1 Å². The zero-order valence-corrected chi connectivity index (χ0v) is 18.6. The maximum absolute atomic E-state index is 14.1. The number of rotatable bonds is 6. The summed E-state index contributed by atoms with van der Waals surface area (Å²) >= 11 is 6.42. The van der Waals surface area contributed by atoms with Gasteiger partial charge in [0.1, 0.15) is 24.5 Å². The molecule has 4 aromatic rings. The van der Waals surface area contributed by atoms with Gasteiger partial charge in [-0.3, -0.25) is 4.99 Å². The molecule has 0 spiro atoms.